The van der Waals surface area contributed by atoms with Crippen LogP contribution in [0.25, 0.3) is 0 Å². The summed E-state index contributed by atoms with van der Waals surface area (Å²) < 4.78 is 0. The van der Waals surface area contributed by atoms with Gasteiger partial charge in [0.2, 0.25) is 0 Å². The van der Waals surface area contributed by atoms with Crippen molar-refractivity contribution in [1.82, 2.24) is 10.2 Å². The standard InChI is InChI=1S/C19H32N2O5/c22-16(14-8-4-3-5-9-14)12-13-21-15(18(25)20-19(21)26)10-6-1-2-7-11-17(23)24/h14-16,22H,1-13H2,(H,23,24)(H,20,25,26)/t15-,16+/m0/s1. The van der Waals surface area contributed by atoms with E-state index in [0.717, 1.165) is 44.9 Å². The molecular weight excluding hydrogens is 336 g/mol. The van der Waals surface area contributed by atoms with E-state index in [0.29, 0.717) is 31.7 Å². The number of carbonyl (C=O) groups is 3. The number of hydrogen-bond acceptors (Lipinski definition) is 4. The molecule has 1 heterocycles. The number of aliphatic carboxylic acids is 1. The molecule has 2 rings (SSSR count). The third kappa shape index (κ3) is 6.27. The van der Waals surface area contributed by atoms with Crippen LogP contribution < -0.4 is 5.32 Å². The molecule has 2 fully saturated rings. The summed E-state index contributed by atoms with van der Waals surface area (Å²) in [4.78, 5) is 36.1. The van der Waals surface area contributed by atoms with Crippen molar-refractivity contribution < 1.29 is 24.6 Å². The third-order valence-electron chi connectivity index (χ3n) is 5.65. The Morgan fingerprint density at radius 1 is 1.12 bits per heavy atom. The Hall–Kier alpha value is -1.63. The monoisotopic (exact) mass is 368 g/mol. The molecule has 1 saturated heterocycles. The van der Waals surface area contributed by atoms with Crippen molar-refractivity contribution in [2.24, 2.45) is 5.92 Å². The SMILES string of the molecule is O=C(O)CCCCCC[C@H]1C(=O)NC(=O)N1CC[C@@H](O)C1CCCCC1. The molecule has 3 amide bonds. The van der Waals surface area contributed by atoms with E-state index < -0.39 is 18.1 Å². The average molecular weight is 368 g/mol. The van der Waals surface area contributed by atoms with E-state index in [1.165, 1.54) is 6.42 Å². The molecule has 1 aliphatic carbocycles. The maximum absolute atomic E-state index is 12.0. The highest BCUT2D eigenvalue weighted by molar-refractivity contribution is 6.04. The van der Waals surface area contributed by atoms with Crippen molar-refractivity contribution in [3.8, 4) is 0 Å². The number of carboxylic acid groups (broad SMARTS) is 1. The highest BCUT2D eigenvalue weighted by Gasteiger charge is 2.38. The van der Waals surface area contributed by atoms with Gasteiger partial charge in [-0.05, 0) is 38.0 Å². The van der Waals surface area contributed by atoms with Gasteiger partial charge in [-0.3, -0.25) is 14.9 Å². The van der Waals surface area contributed by atoms with Gasteiger partial charge in [-0.1, -0.05) is 38.5 Å². The lowest BCUT2D eigenvalue weighted by Crippen LogP contribution is -2.38. The molecule has 0 radical (unpaired) electrons. The van der Waals surface area contributed by atoms with E-state index in [-0.39, 0.29) is 18.4 Å². The number of rotatable bonds is 11. The molecule has 148 valence electrons. The molecular formula is C19H32N2O5. The zero-order chi connectivity index (χ0) is 18.9. The number of amides is 3. The van der Waals surface area contributed by atoms with Crippen molar-refractivity contribution in [2.45, 2.75) is 89.2 Å². The van der Waals surface area contributed by atoms with Crippen LogP contribution in [0.2, 0.25) is 0 Å². The van der Waals surface area contributed by atoms with Crippen LogP contribution in [0.3, 0.4) is 0 Å². The molecule has 0 unspecified atom stereocenters. The van der Waals surface area contributed by atoms with Crippen LogP contribution in [0.5, 0.6) is 0 Å². The Balaban J connectivity index is 1.73. The molecule has 0 aromatic heterocycles. The summed E-state index contributed by atoms with van der Waals surface area (Å²) in [6, 6.07) is -0.817. The topological polar surface area (TPSA) is 107 Å². The number of nitrogens with zero attached hydrogens (tertiary/aromatic N) is 1. The maximum Gasteiger partial charge on any atom is 0.324 e. The lowest BCUT2D eigenvalue weighted by Gasteiger charge is -2.29. The van der Waals surface area contributed by atoms with Crippen LogP contribution in [0.4, 0.5) is 4.79 Å². The summed E-state index contributed by atoms with van der Waals surface area (Å²) in [5.41, 5.74) is 0. The molecule has 2 aliphatic rings. The van der Waals surface area contributed by atoms with Gasteiger partial charge in [-0.15, -0.1) is 0 Å². The molecule has 26 heavy (non-hydrogen) atoms. The average Bonchev–Trinajstić information content (AvgIpc) is 2.89. The quantitative estimate of drug-likeness (QED) is 0.384. The summed E-state index contributed by atoms with van der Waals surface area (Å²) in [6.45, 7) is 0.402. The smallest absolute Gasteiger partial charge is 0.324 e. The Morgan fingerprint density at radius 2 is 1.81 bits per heavy atom. The van der Waals surface area contributed by atoms with Crippen molar-refractivity contribution in [2.75, 3.05) is 6.54 Å². The van der Waals surface area contributed by atoms with Gasteiger partial charge >= 0.3 is 12.0 Å². The summed E-state index contributed by atoms with van der Waals surface area (Å²) in [5, 5.41) is 21.4. The summed E-state index contributed by atoms with van der Waals surface area (Å²) in [7, 11) is 0. The first kappa shape index (κ1) is 20.7. The minimum absolute atomic E-state index is 0.174. The fourth-order valence-electron chi connectivity index (χ4n) is 4.08. The Morgan fingerprint density at radius 3 is 2.50 bits per heavy atom. The van der Waals surface area contributed by atoms with Gasteiger partial charge in [0.1, 0.15) is 6.04 Å². The van der Waals surface area contributed by atoms with Crippen LogP contribution in [-0.4, -0.2) is 51.7 Å². The number of carboxylic acids is 1. The van der Waals surface area contributed by atoms with Crippen LogP contribution in [-0.2, 0) is 9.59 Å². The number of urea groups is 1. The van der Waals surface area contributed by atoms with E-state index in [4.69, 9.17) is 5.11 Å². The number of carbonyl (C=O) groups excluding carboxylic acids is 2. The second kappa shape index (κ2) is 10.5. The zero-order valence-corrected chi connectivity index (χ0v) is 15.5. The minimum Gasteiger partial charge on any atom is -0.481 e. The molecule has 7 heteroatoms. The number of imide groups is 1. The van der Waals surface area contributed by atoms with Crippen LogP contribution in [0.15, 0.2) is 0 Å². The molecule has 3 N–H and O–H groups in total. The molecule has 1 saturated carbocycles. The van der Waals surface area contributed by atoms with E-state index in [1.54, 1.807) is 4.90 Å². The van der Waals surface area contributed by atoms with Gasteiger partial charge in [-0.2, -0.15) is 0 Å². The first-order chi connectivity index (χ1) is 12.5. The predicted octanol–water partition coefficient (Wildman–Crippen LogP) is 2.66. The normalized spacial score (nSPS) is 22.5. The zero-order valence-electron chi connectivity index (χ0n) is 15.5. The molecule has 0 aromatic carbocycles. The van der Waals surface area contributed by atoms with Gasteiger partial charge in [0.25, 0.3) is 5.91 Å². The minimum atomic E-state index is -0.784. The molecule has 7 nitrogen and oxygen atoms in total. The maximum atomic E-state index is 12.0. The van der Waals surface area contributed by atoms with Gasteiger partial charge in [0.15, 0.2) is 0 Å². The van der Waals surface area contributed by atoms with Gasteiger partial charge in [0, 0.05) is 13.0 Å². The van der Waals surface area contributed by atoms with Crippen LogP contribution >= 0.6 is 0 Å². The first-order valence-corrected chi connectivity index (χ1v) is 10.0. The highest BCUT2D eigenvalue weighted by Crippen LogP contribution is 2.28. The van der Waals surface area contributed by atoms with Gasteiger partial charge in [-0.25, -0.2) is 4.79 Å². The molecule has 2 atom stereocenters. The lowest BCUT2D eigenvalue weighted by atomic mass is 9.84. The molecule has 0 spiro atoms. The van der Waals surface area contributed by atoms with Crippen molar-refractivity contribution in [3.63, 3.8) is 0 Å². The highest BCUT2D eigenvalue weighted by atomic mass is 16.4. The number of aliphatic hydroxyl groups is 1. The second-order valence-electron chi connectivity index (χ2n) is 7.60. The van der Waals surface area contributed by atoms with E-state index in [2.05, 4.69) is 5.32 Å². The van der Waals surface area contributed by atoms with Gasteiger partial charge in [0.05, 0.1) is 6.10 Å². The molecule has 1 aliphatic heterocycles. The predicted molar refractivity (Wildman–Crippen MR) is 96.6 cm³/mol. The summed E-state index contributed by atoms with van der Waals surface area (Å²) in [5.74, 6) is -0.723. The fraction of sp³-hybridized carbons (Fsp3) is 0.842. The van der Waals surface area contributed by atoms with Crippen molar-refractivity contribution >= 4 is 17.9 Å². The molecule has 0 aromatic rings. The number of aliphatic hydroxyl groups excluding tert-OH is 1. The van der Waals surface area contributed by atoms with E-state index in [9.17, 15) is 19.5 Å². The first-order valence-electron chi connectivity index (χ1n) is 10.0. The van der Waals surface area contributed by atoms with E-state index >= 15 is 0 Å². The fourth-order valence-corrected chi connectivity index (χ4v) is 4.08. The number of nitrogens with one attached hydrogen (secondary N) is 1. The lowest BCUT2D eigenvalue weighted by molar-refractivity contribution is -0.137. The summed E-state index contributed by atoms with van der Waals surface area (Å²) >= 11 is 0. The second-order valence-corrected chi connectivity index (χ2v) is 7.60. The Labute approximate surface area is 155 Å². The molecule has 0 bridgehead atoms. The van der Waals surface area contributed by atoms with Gasteiger partial charge < -0.3 is 15.1 Å². The van der Waals surface area contributed by atoms with Crippen molar-refractivity contribution in [1.29, 1.82) is 0 Å². The Kier molecular flexibility index (Phi) is 8.35. The van der Waals surface area contributed by atoms with E-state index in [1.807, 2.05) is 0 Å². The van der Waals surface area contributed by atoms with Crippen LogP contribution in [0, 0.1) is 5.92 Å². The summed E-state index contributed by atoms with van der Waals surface area (Å²) in [6.07, 6.45) is 9.62. The Bertz CT molecular complexity index is 490. The number of unbranched alkanes of at least 4 members (excludes halogenated alkanes) is 3. The largest absolute Gasteiger partial charge is 0.481 e. The van der Waals surface area contributed by atoms with Crippen molar-refractivity contribution in [3.05, 3.63) is 0 Å². The third-order valence-corrected chi connectivity index (χ3v) is 5.65. The number of hydrogen-bond donors (Lipinski definition) is 3. The van der Waals surface area contributed by atoms with Crippen LogP contribution in [0.1, 0.15) is 77.0 Å².